The van der Waals surface area contributed by atoms with Crippen LogP contribution in [0.15, 0.2) is 54.2 Å². The van der Waals surface area contributed by atoms with Gasteiger partial charge in [-0.15, -0.1) is 0 Å². The number of rotatable bonds is 6. The molecule has 0 radical (unpaired) electrons. The van der Waals surface area contributed by atoms with E-state index < -0.39 is 5.41 Å². The van der Waals surface area contributed by atoms with Gasteiger partial charge in [-0.3, -0.25) is 4.90 Å². The van der Waals surface area contributed by atoms with Crippen molar-refractivity contribution in [2.24, 2.45) is 0 Å². The Morgan fingerprint density at radius 3 is 2.51 bits per heavy atom. The first-order valence-electron chi connectivity index (χ1n) is 15.4. The van der Waals surface area contributed by atoms with Crippen molar-refractivity contribution < 1.29 is 0 Å². The van der Waals surface area contributed by atoms with Gasteiger partial charge in [0.05, 0.1) is 11.5 Å². The summed E-state index contributed by atoms with van der Waals surface area (Å²) in [4.78, 5) is 9.39. The van der Waals surface area contributed by atoms with E-state index in [9.17, 15) is 5.26 Å². The van der Waals surface area contributed by atoms with Gasteiger partial charge in [0.15, 0.2) is 0 Å². The van der Waals surface area contributed by atoms with Gasteiger partial charge in [-0.25, -0.2) is 4.98 Å². The Morgan fingerprint density at radius 2 is 1.86 bits per heavy atom. The van der Waals surface area contributed by atoms with Crippen LogP contribution in [-0.2, 0) is 12.0 Å². The van der Waals surface area contributed by atoms with Crippen LogP contribution in [0.3, 0.4) is 0 Å². The van der Waals surface area contributed by atoms with Crippen LogP contribution in [0.5, 0.6) is 0 Å². The van der Waals surface area contributed by atoms with Crippen LogP contribution in [0.4, 0.5) is 11.5 Å². The summed E-state index contributed by atoms with van der Waals surface area (Å²) in [6, 6.07) is 19.1. The van der Waals surface area contributed by atoms with Crippen LogP contribution in [0.2, 0.25) is 0 Å². The van der Waals surface area contributed by atoms with Crippen molar-refractivity contribution in [3.05, 3.63) is 93.2 Å². The number of piperazine rings is 1. The van der Waals surface area contributed by atoms with Crippen molar-refractivity contribution in [3.8, 4) is 17.9 Å². The number of aryl methyl sites for hydroxylation is 2. The standard InChI is InChI=1S/C37H42N6/c1-24-9-11-30(16-29(24)12-10-26-13-25(2)36(39)40-19-26)35(28-7-6-8-28)41-32-15-27(14-31(17-32)37(3,4)23-38)20-43-22-33-18-34(43)21-42(33)5/h9,11,13-17,19,33-34,41H,6-8,18,20-22H2,1-5H3,(H2,39,40)/t33-,34-/m1/s1. The highest BCUT2D eigenvalue weighted by Gasteiger charge is 2.41. The molecule has 3 aromatic rings. The second kappa shape index (κ2) is 11.5. The first-order chi connectivity index (χ1) is 20.6. The first kappa shape index (κ1) is 29.0. The minimum atomic E-state index is -0.581. The monoisotopic (exact) mass is 570 g/mol. The average Bonchev–Trinajstić information content (AvgIpc) is 3.52. The summed E-state index contributed by atoms with van der Waals surface area (Å²) in [5, 5.41) is 13.9. The number of benzene rings is 2. The number of hydrogen-bond donors (Lipinski definition) is 2. The van der Waals surface area contributed by atoms with Gasteiger partial charge in [0.25, 0.3) is 0 Å². The quantitative estimate of drug-likeness (QED) is 0.335. The zero-order valence-corrected chi connectivity index (χ0v) is 26.1. The van der Waals surface area contributed by atoms with Crippen molar-refractivity contribution in [2.45, 2.75) is 77.4 Å². The molecule has 6 rings (SSSR count). The number of nitrogen functional groups attached to an aromatic ring is 1. The molecule has 3 N–H and O–H groups in total. The van der Waals surface area contributed by atoms with Crippen LogP contribution in [0.25, 0.3) is 5.70 Å². The van der Waals surface area contributed by atoms with E-state index in [1.165, 1.54) is 29.7 Å². The summed E-state index contributed by atoms with van der Waals surface area (Å²) in [7, 11) is 2.24. The number of fused-ring (bicyclic) bond motifs is 2. The van der Waals surface area contributed by atoms with Crippen molar-refractivity contribution in [1.29, 1.82) is 5.26 Å². The number of nitriles is 1. The summed E-state index contributed by atoms with van der Waals surface area (Å²) >= 11 is 0. The molecule has 1 saturated carbocycles. The second-order valence-electron chi connectivity index (χ2n) is 13.2. The number of likely N-dealkylation sites (N-methyl/N-ethyl adjacent to an activating group) is 1. The summed E-state index contributed by atoms with van der Waals surface area (Å²) in [6.07, 6.45) is 6.38. The summed E-state index contributed by atoms with van der Waals surface area (Å²) in [5.74, 6) is 7.21. The number of aromatic nitrogens is 1. The van der Waals surface area contributed by atoms with Crippen molar-refractivity contribution in [2.75, 3.05) is 31.2 Å². The van der Waals surface area contributed by atoms with E-state index in [0.29, 0.717) is 17.9 Å². The average molecular weight is 571 g/mol. The Morgan fingerprint density at radius 1 is 1.05 bits per heavy atom. The number of allylic oxidation sites excluding steroid dienone is 1. The highest BCUT2D eigenvalue weighted by atomic mass is 15.3. The minimum absolute atomic E-state index is 0.539. The van der Waals surface area contributed by atoms with Crippen molar-refractivity contribution in [1.82, 2.24) is 14.8 Å². The lowest BCUT2D eigenvalue weighted by molar-refractivity contribution is 0.143. The van der Waals surface area contributed by atoms with Crippen molar-refractivity contribution in [3.63, 3.8) is 0 Å². The number of anilines is 2. The van der Waals surface area contributed by atoms with Gasteiger partial charge >= 0.3 is 0 Å². The molecule has 43 heavy (non-hydrogen) atoms. The molecule has 2 aromatic carbocycles. The number of nitrogens with two attached hydrogens (primary N) is 1. The molecule has 0 unspecified atom stereocenters. The summed E-state index contributed by atoms with van der Waals surface area (Å²) in [5.41, 5.74) is 16.4. The molecule has 2 atom stereocenters. The van der Waals surface area contributed by atoms with Gasteiger partial charge in [-0.2, -0.15) is 5.26 Å². The Labute approximate surface area is 256 Å². The predicted molar refractivity (Wildman–Crippen MR) is 175 cm³/mol. The number of hydrogen-bond acceptors (Lipinski definition) is 6. The molecule has 1 aromatic heterocycles. The van der Waals surface area contributed by atoms with Crippen LogP contribution in [0, 0.1) is 37.0 Å². The molecule has 2 bridgehead atoms. The molecular weight excluding hydrogens is 528 g/mol. The van der Waals surface area contributed by atoms with Gasteiger partial charge in [-0.05, 0) is 118 Å². The lowest BCUT2D eigenvalue weighted by Gasteiger charge is -2.32. The summed E-state index contributed by atoms with van der Waals surface area (Å²) < 4.78 is 0. The zero-order chi connectivity index (χ0) is 30.3. The molecule has 0 amide bonds. The SMILES string of the molecule is Cc1ccc(C(Nc2cc(CN3C[C@H]4C[C@@H]3CN4C)cc(C(C)(C)C#N)c2)=C2CCC2)cc1C#Cc1cnc(N)c(C)c1. The molecule has 6 heteroatoms. The Bertz CT molecular complexity index is 1690. The minimum Gasteiger partial charge on any atom is -0.383 e. The van der Waals surface area contributed by atoms with Crippen LogP contribution >= 0.6 is 0 Å². The lowest BCUT2D eigenvalue weighted by Crippen LogP contribution is -2.43. The Balaban J connectivity index is 1.32. The van der Waals surface area contributed by atoms with E-state index in [2.05, 4.69) is 88.4 Å². The fourth-order valence-corrected chi connectivity index (χ4v) is 6.48. The number of nitrogens with one attached hydrogen (secondary N) is 1. The van der Waals surface area contributed by atoms with Gasteiger partial charge in [-0.1, -0.05) is 30.0 Å². The van der Waals surface area contributed by atoms with Gasteiger partial charge < -0.3 is 16.0 Å². The van der Waals surface area contributed by atoms with E-state index in [0.717, 1.165) is 71.5 Å². The maximum Gasteiger partial charge on any atom is 0.126 e. The van der Waals surface area contributed by atoms with E-state index >= 15 is 0 Å². The van der Waals surface area contributed by atoms with Crippen molar-refractivity contribution >= 4 is 17.2 Å². The van der Waals surface area contributed by atoms with Crippen LogP contribution in [-0.4, -0.2) is 47.0 Å². The third-order valence-corrected chi connectivity index (χ3v) is 9.57. The third kappa shape index (κ3) is 6.04. The Hall–Kier alpha value is -4.10. The normalized spacial score (nSPS) is 19.9. The number of likely N-dealkylation sites (tertiary alicyclic amines) is 2. The van der Waals surface area contributed by atoms with Gasteiger partial charge in [0.1, 0.15) is 5.82 Å². The molecule has 6 nitrogen and oxygen atoms in total. The van der Waals surface area contributed by atoms with E-state index in [-0.39, 0.29) is 0 Å². The molecule has 3 aliphatic rings. The molecule has 3 fully saturated rings. The first-order valence-corrected chi connectivity index (χ1v) is 15.4. The predicted octanol–water partition coefficient (Wildman–Crippen LogP) is 6.38. The topological polar surface area (TPSA) is 81.2 Å². The lowest BCUT2D eigenvalue weighted by atomic mass is 9.84. The van der Waals surface area contributed by atoms with E-state index in [4.69, 9.17) is 5.73 Å². The van der Waals surface area contributed by atoms with E-state index in [1.54, 1.807) is 6.20 Å². The number of nitrogens with zero attached hydrogens (tertiary/aromatic N) is 4. The highest BCUT2D eigenvalue weighted by molar-refractivity contribution is 5.81. The van der Waals surface area contributed by atoms with Crippen LogP contribution < -0.4 is 11.1 Å². The molecule has 2 aliphatic heterocycles. The highest BCUT2D eigenvalue weighted by Crippen LogP contribution is 2.37. The fraction of sp³-hybridized carbons (Fsp3) is 0.405. The molecule has 0 spiro atoms. The molecule has 1 aliphatic carbocycles. The largest absolute Gasteiger partial charge is 0.383 e. The molecule has 220 valence electrons. The van der Waals surface area contributed by atoms with Gasteiger partial charge in [0, 0.05) is 60.4 Å². The maximum atomic E-state index is 10.0. The fourth-order valence-electron chi connectivity index (χ4n) is 6.48. The second-order valence-corrected chi connectivity index (χ2v) is 13.2. The van der Waals surface area contributed by atoms with Crippen LogP contribution in [0.1, 0.15) is 78.5 Å². The summed E-state index contributed by atoms with van der Waals surface area (Å²) in [6.45, 7) is 11.2. The molecular formula is C37H42N6. The molecule has 3 heterocycles. The molecule has 2 saturated heterocycles. The number of pyridine rings is 1. The third-order valence-electron chi connectivity index (χ3n) is 9.57. The zero-order valence-electron chi connectivity index (χ0n) is 26.1. The smallest absolute Gasteiger partial charge is 0.126 e. The van der Waals surface area contributed by atoms with Gasteiger partial charge in [0.2, 0.25) is 0 Å². The van der Waals surface area contributed by atoms with E-state index in [1.807, 2.05) is 26.8 Å². The Kier molecular flexibility index (Phi) is 7.77. The maximum absolute atomic E-state index is 10.0.